The quantitative estimate of drug-likeness (QED) is 0.855. The predicted octanol–water partition coefficient (Wildman–Crippen LogP) is 2.85. The van der Waals surface area contributed by atoms with E-state index in [4.69, 9.17) is 10.00 Å². The van der Waals surface area contributed by atoms with Gasteiger partial charge in [0.15, 0.2) is 0 Å². The van der Waals surface area contributed by atoms with E-state index in [0.29, 0.717) is 18.7 Å². The van der Waals surface area contributed by atoms with Crippen LogP contribution in [0.2, 0.25) is 0 Å². The van der Waals surface area contributed by atoms with Gasteiger partial charge in [-0.25, -0.2) is 0 Å². The molecule has 0 aliphatic heterocycles. The van der Waals surface area contributed by atoms with E-state index < -0.39 is 6.10 Å². The molecule has 4 heteroatoms. The number of benzene rings is 2. The van der Waals surface area contributed by atoms with Gasteiger partial charge in [0.05, 0.1) is 24.3 Å². The number of aliphatic hydroxyl groups excluding tert-OH is 1. The molecular formula is C17H18N2O2. The molecule has 21 heavy (non-hydrogen) atoms. The molecule has 2 aromatic rings. The maximum atomic E-state index is 10.2. The average Bonchev–Trinajstić information content (AvgIpc) is 2.54. The topological polar surface area (TPSA) is 65.3 Å². The van der Waals surface area contributed by atoms with Gasteiger partial charge in [-0.1, -0.05) is 30.3 Å². The Hall–Kier alpha value is -2.35. The van der Waals surface area contributed by atoms with Gasteiger partial charge in [0.25, 0.3) is 0 Å². The summed E-state index contributed by atoms with van der Waals surface area (Å²) in [6, 6.07) is 16.9. The van der Waals surface area contributed by atoms with Crippen molar-refractivity contribution in [2.24, 2.45) is 0 Å². The largest absolute Gasteiger partial charge is 0.387 e. The molecule has 1 atom stereocenters. The van der Waals surface area contributed by atoms with Crippen molar-refractivity contribution >= 4 is 5.69 Å². The molecular weight excluding hydrogens is 264 g/mol. The van der Waals surface area contributed by atoms with E-state index in [-0.39, 0.29) is 0 Å². The van der Waals surface area contributed by atoms with Crippen LogP contribution in [-0.2, 0) is 11.3 Å². The van der Waals surface area contributed by atoms with Crippen molar-refractivity contribution in [2.75, 3.05) is 19.0 Å². The number of rotatable bonds is 6. The first kappa shape index (κ1) is 15.0. The van der Waals surface area contributed by atoms with Gasteiger partial charge in [0, 0.05) is 24.9 Å². The molecule has 0 saturated heterocycles. The minimum absolute atomic E-state index is 0.395. The van der Waals surface area contributed by atoms with Crippen molar-refractivity contribution in [3.63, 3.8) is 0 Å². The average molecular weight is 282 g/mol. The van der Waals surface area contributed by atoms with E-state index in [1.54, 1.807) is 31.4 Å². The summed E-state index contributed by atoms with van der Waals surface area (Å²) in [6.07, 6.45) is -0.631. The first-order valence-corrected chi connectivity index (χ1v) is 6.73. The van der Waals surface area contributed by atoms with Gasteiger partial charge < -0.3 is 15.2 Å². The third-order valence-electron chi connectivity index (χ3n) is 3.23. The summed E-state index contributed by atoms with van der Waals surface area (Å²) in [5, 5.41) is 22.2. The molecule has 0 spiro atoms. The molecule has 2 aromatic carbocycles. The highest BCUT2D eigenvalue weighted by atomic mass is 16.5. The SMILES string of the molecule is COCc1ccccc1NCC(O)c1ccc(C#N)cc1. The molecule has 108 valence electrons. The first-order chi connectivity index (χ1) is 10.2. The van der Waals surface area contributed by atoms with Crippen LogP contribution in [0.4, 0.5) is 5.69 Å². The number of nitrogens with zero attached hydrogens (tertiary/aromatic N) is 1. The van der Waals surface area contributed by atoms with Crippen LogP contribution in [-0.4, -0.2) is 18.8 Å². The molecule has 0 amide bonds. The third-order valence-corrected chi connectivity index (χ3v) is 3.23. The van der Waals surface area contributed by atoms with E-state index in [9.17, 15) is 5.11 Å². The molecule has 0 aliphatic rings. The van der Waals surface area contributed by atoms with E-state index in [0.717, 1.165) is 16.8 Å². The Morgan fingerprint density at radius 1 is 1.19 bits per heavy atom. The minimum atomic E-state index is -0.631. The fourth-order valence-electron chi connectivity index (χ4n) is 2.08. The fraction of sp³-hybridized carbons (Fsp3) is 0.235. The van der Waals surface area contributed by atoms with Crippen molar-refractivity contribution in [2.45, 2.75) is 12.7 Å². The second kappa shape index (κ2) is 7.44. The Bertz CT molecular complexity index is 617. The number of hydrogen-bond acceptors (Lipinski definition) is 4. The highest BCUT2D eigenvalue weighted by Gasteiger charge is 2.08. The van der Waals surface area contributed by atoms with Gasteiger partial charge in [-0.3, -0.25) is 0 Å². The van der Waals surface area contributed by atoms with E-state index in [1.165, 1.54) is 0 Å². The molecule has 2 N–H and O–H groups in total. The zero-order valence-electron chi connectivity index (χ0n) is 11.9. The molecule has 0 radical (unpaired) electrons. The number of nitrogens with one attached hydrogen (secondary N) is 1. The van der Waals surface area contributed by atoms with Crippen LogP contribution in [0.25, 0.3) is 0 Å². The lowest BCUT2D eigenvalue weighted by Crippen LogP contribution is -2.13. The standard InChI is InChI=1S/C17H18N2O2/c1-21-12-15-4-2-3-5-16(15)19-11-17(20)14-8-6-13(10-18)7-9-14/h2-9,17,19-20H,11-12H2,1H3. The number of methoxy groups -OCH3 is 1. The molecule has 2 rings (SSSR count). The van der Waals surface area contributed by atoms with E-state index in [1.807, 2.05) is 24.3 Å². The van der Waals surface area contributed by atoms with Crippen molar-refractivity contribution in [1.29, 1.82) is 5.26 Å². The van der Waals surface area contributed by atoms with E-state index >= 15 is 0 Å². The van der Waals surface area contributed by atoms with Gasteiger partial charge in [-0.2, -0.15) is 5.26 Å². The zero-order chi connectivity index (χ0) is 15.1. The summed E-state index contributed by atoms with van der Waals surface area (Å²) in [7, 11) is 1.66. The first-order valence-electron chi connectivity index (χ1n) is 6.73. The van der Waals surface area contributed by atoms with Gasteiger partial charge in [0.1, 0.15) is 0 Å². The molecule has 4 nitrogen and oxygen atoms in total. The zero-order valence-corrected chi connectivity index (χ0v) is 11.9. The lowest BCUT2D eigenvalue weighted by Gasteiger charge is -2.15. The fourth-order valence-corrected chi connectivity index (χ4v) is 2.08. The van der Waals surface area contributed by atoms with Crippen LogP contribution in [0.1, 0.15) is 22.8 Å². The van der Waals surface area contributed by atoms with Crippen LogP contribution in [0.15, 0.2) is 48.5 Å². The number of para-hydroxylation sites is 1. The minimum Gasteiger partial charge on any atom is -0.387 e. The lowest BCUT2D eigenvalue weighted by atomic mass is 10.1. The molecule has 0 bridgehead atoms. The third kappa shape index (κ3) is 4.06. The molecule has 0 saturated carbocycles. The number of nitriles is 1. The Balaban J connectivity index is 2.00. The Morgan fingerprint density at radius 2 is 1.90 bits per heavy atom. The lowest BCUT2D eigenvalue weighted by molar-refractivity contribution is 0.184. The maximum Gasteiger partial charge on any atom is 0.0991 e. The van der Waals surface area contributed by atoms with Crippen molar-refractivity contribution in [3.05, 3.63) is 65.2 Å². The van der Waals surface area contributed by atoms with Crippen LogP contribution >= 0.6 is 0 Å². The van der Waals surface area contributed by atoms with Crippen molar-refractivity contribution in [1.82, 2.24) is 0 Å². The highest BCUT2D eigenvalue weighted by molar-refractivity contribution is 5.51. The van der Waals surface area contributed by atoms with Crippen LogP contribution in [0.3, 0.4) is 0 Å². The van der Waals surface area contributed by atoms with Crippen molar-refractivity contribution < 1.29 is 9.84 Å². The summed E-state index contributed by atoms with van der Waals surface area (Å²) in [5.41, 5.74) is 3.37. The second-order valence-corrected chi connectivity index (χ2v) is 4.72. The Labute approximate surface area is 124 Å². The second-order valence-electron chi connectivity index (χ2n) is 4.72. The van der Waals surface area contributed by atoms with E-state index in [2.05, 4.69) is 11.4 Å². The molecule has 0 aliphatic carbocycles. The van der Waals surface area contributed by atoms with Gasteiger partial charge in [0.2, 0.25) is 0 Å². The summed E-state index contributed by atoms with van der Waals surface area (Å²) in [6.45, 7) is 0.919. The number of aliphatic hydroxyl groups is 1. The molecule has 0 aromatic heterocycles. The molecule has 0 heterocycles. The van der Waals surface area contributed by atoms with Gasteiger partial charge in [-0.05, 0) is 23.8 Å². The van der Waals surface area contributed by atoms with Gasteiger partial charge >= 0.3 is 0 Å². The highest BCUT2D eigenvalue weighted by Crippen LogP contribution is 2.19. The van der Waals surface area contributed by atoms with Crippen LogP contribution in [0, 0.1) is 11.3 Å². The maximum absolute atomic E-state index is 10.2. The number of hydrogen-bond donors (Lipinski definition) is 2. The summed E-state index contributed by atoms with van der Waals surface area (Å²) < 4.78 is 5.15. The Kier molecular flexibility index (Phi) is 5.33. The van der Waals surface area contributed by atoms with Crippen molar-refractivity contribution in [3.8, 4) is 6.07 Å². The summed E-state index contributed by atoms with van der Waals surface area (Å²) in [5.74, 6) is 0. The summed E-state index contributed by atoms with van der Waals surface area (Å²) >= 11 is 0. The molecule has 1 unspecified atom stereocenters. The smallest absolute Gasteiger partial charge is 0.0991 e. The van der Waals surface area contributed by atoms with Gasteiger partial charge in [-0.15, -0.1) is 0 Å². The molecule has 0 fully saturated rings. The number of ether oxygens (including phenoxy) is 1. The van der Waals surface area contributed by atoms with Crippen LogP contribution in [0.5, 0.6) is 0 Å². The normalized spacial score (nSPS) is 11.7. The summed E-state index contributed by atoms with van der Waals surface area (Å²) in [4.78, 5) is 0. The Morgan fingerprint density at radius 3 is 2.57 bits per heavy atom. The number of anilines is 1. The van der Waals surface area contributed by atoms with Crippen LogP contribution < -0.4 is 5.32 Å². The monoisotopic (exact) mass is 282 g/mol. The predicted molar refractivity (Wildman–Crippen MR) is 81.8 cm³/mol.